The number of hydrogen-bond donors (Lipinski definition) is 1. The van der Waals surface area contributed by atoms with Crippen molar-refractivity contribution in [3.05, 3.63) is 29.7 Å². The van der Waals surface area contributed by atoms with Crippen molar-refractivity contribution < 1.29 is 14.3 Å². The molecule has 0 bridgehead atoms. The number of rotatable bonds is 2. The number of aromatic nitrogens is 1. The van der Waals surface area contributed by atoms with Gasteiger partial charge in [0.05, 0.1) is 5.56 Å². The summed E-state index contributed by atoms with van der Waals surface area (Å²) in [4.78, 5) is 15.5. The van der Waals surface area contributed by atoms with E-state index in [1.165, 1.54) is 25.7 Å². The lowest BCUT2D eigenvalue weighted by Crippen LogP contribution is -1.96. The Kier molecular flexibility index (Phi) is 3.23. The van der Waals surface area contributed by atoms with Crippen molar-refractivity contribution in [2.45, 2.75) is 44.4 Å². The van der Waals surface area contributed by atoms with Crippen molar-refractivity contribution in [1.82, 2.24) is 4.98 Å². The summed E-state index contributed by atoms with van der Waals surface area (Å²) in [5.41, 5.74) is 1.58. The molecule has 1 aromatic carbocycles. The predicted octanol–water partition coefficient (Wildman–Crippen LogP) is 3.96. The van der Waals surface area contributed by atoms with Crippen LogP contribution in [0.25, 0.3) is 11.1 Å². The molecule has 1 N–H and O–H groups in total. The number of nitrogens with zero attached hydrogens (tertiary/aromatic N) is 1. The molecule has 0 aliphatic heterocycles. The van der Waals surface area contributed by atoms with Crippen LogP contribution in [0.4, 0.5) is 0 Å². The van der Waals surface area contributed by atoms with Crippen LogP contribution in [0.5, 0.6) is 0 Å². The fraction of sp³-hybridized carbons (Fsp3) is 0.467. The molecule has 4 nitrogen and oxygen atoms in total. The van der Waals surface area contributed by atoms with Crippen LogP contribution in [0.2, 0.25) is 0 Å². The molecule has 1 fully saturated rings. The number of benzene rings is 1. The van der Waals surface area contributed by atoms with E-state index in [0.29, 0.717) is 11.5 Å². The predicted molar refractivity (Wildman–Crippen MR) is 71.4 cm³/mol. The van der Waals surface area contributed by atoms with Gasteiger partial charge in [0.15, 0.2) is 11.5 Å². The highest BCUT2D eigenvalue weighted by Crippen LogP contribution is 2.32. The maximum Gasteiger partial charge on any atom is 0.335 e. The van der Waals surface area contributed by atoms with E-state index in [1.54, 1.807) is 18.2 Å². The van der Waals surface area contributed by atoms with E-state index in [-0.39, 0.29) is 5.56 Å². The first-order valence-corrected chi connectivity index (χ1v) is 6.88. The average molecular weight is 259 g/mol. The van der Waals surface area contributed by atoms with Gasteiger partial charge in [-0.25, -0.2) is 9.78 Å². The third-order valence-corrected chi connectivity index (χ3v) is 3.86. The van der Waals surface area contributed by atoms with Crippen LogP contribution in [0, 0.1) is 0 Å². The minimum absolute atomic E-state index is 0.246. The SMILES string of the molecule is O=C(O)c1ccc2nc(C3CCCCCC3)oc2c1. The number of fused-ring (bicyclic) bond motifs is 1. The molecule has 0 radical (unpaired) electrons. The highest BCUT2D eigenvalue weighted by Gasteiger charge is 2.20. The van der Waals surface area contributed by atoms with Gasteiger partial charge in [0.1, 0.15) is 5.52 Å². The Balaban J connectivity index is 1.94. The van der Waals surface area contributed by atoms with Gasteiger partial charge in [-0.3, -0.25) is 0 Å². The van der Waals surface area contributed by atoms with E-state index in [4.69, 9.17) is 9.52 Å². The third kappa shape index (κ3) is 2.48. The van der Waals surface area contributed by atoms with Crippen LogP contribution >= 0.6 is 0 Å². The van der Waals surface area contributed by atoms with Gasteiger partial charge in [0.25, 0.3) is 0 Å². The standard InChI is InChI=1S/C15H17NO3/c17-15(18)11-7-8-12-13(9-11)19-14(16-12)10-5-3-1-2-4-6-10/h7-10H,1-6H2,(H,17,18). The fourth-order valence-electron chi connectivity index (χ4n) is 2.78. The second-order valence-corrected chi connectivity index (χ2v) is 5.23. The smallest absolute Gasteiger partial charge is 0.335 e. The van der Waals surface area contributed by atoms with E-state index >= 15 is 0 Å². The second kappa shape index (κ2) is 5.03. The van der Waals surface area contributed by atoms with Gasteiger partial charge in [-0.05, 0) is 31.0 Å². The summed E-state index contributed by atoms with van der Waals surface area (Å²) in [6.07, 6.45) is 7.28. The van der Waals surface area contributed by atoms with Gasteiger partial charge in [-0.1, -0.05) is 25.7 Å². The van der Waals surface area contributed by atoms with Gasteiger partial charge in [-0.2, -0.15) is 0 Å². The largest absolute Gasteiger partial charge is 0.478 e. The van der Waals surface area contributed by atoms with Gasteiger partial charge in [0.2, 0.25) is 0 Å². The number of oxazole rings is 1. The van der Waals surface area contributed by atoms with E-state index in [2.05, 4.69) is 4.98 Å². The van der Waals surface area contributed by atoms with Crippen LogP contribution in [0.3, 0.4) is 0 Å². The Morgan fingerprint density at radius 1 is 1.21 bits per heavy atom. The second-order valence-electron chi connectivity index (χ2n) is 5.23. The normalized spacial score (nSPS) is 17.5. The highest BCUT2D eigenvalue weighted by atomic mass is 16.4. The minimum Gasteiger partial charge on any atom is -0.478 e. The van der Waals surface area contributed by atoms with Gasteiger partial charge in [-0.15, -0.1) is 0 Å². The molecule has 1 aliphatic carbocycles. The molecule has 3 rings (SSSR count). The van der Waals surface area contributed by atoms with Crippen LogP contribution < -0.4 is 0 Å². The average Bonchev–Trinajstić information content (AvgIpc) is 2.64. The summed E-state index contributed by atoms with van der Waals surface area (Å²) in [5.74, 6) is 0.233. The maximum atomic E-state index is 10.9. The number of carbonyl (C=O) groups is 1. The Hall–Kier alpha value is -1.84. The van der Waals surface area contributed by atoms with Crippen molar-refractivity contribution >= 4 is 17.1 Å². The number of carboxylic acids is 1. The molecule has 1 aliphatic rings. The third-order valence-electron chi connectivity index (χ3n) is 3.86. The van der Waals surface area contributed by atoms with Gasteiger partial charge in [0, 0.05) is 5.92 Å². The van der Waals surface area contributed by atoms with Crippen LogP contribution in [0.15, 0.2) is 22.6 Å². The van der Waals surface area contributed by atoms with Crippen molar-refractivity contribution in [3.63, 3.8) is 0 Å². The molecule has 1 aromatic heterocycles. The molecule has 1 saturated carbocycles. The van der Waals surface area contributed by atoms with E-state index in [9.17, 15) is 4.79 Å². The molecule has 0 atom stereocenters. The topological polar surface area (TPSA) is 63.3 Å². The maximum absolute atomic E-state index is 10.9. The van der Waals surface area contributed by atoms with E-state index in [0.717, 1.165) is 24.2 Å². The van der Waals surface area contributed by atoms with Crippen LogP contribution in [0.1, 0.15) is 60.7 Å². The molecule has 0 spiro atoms. The molecule has 0 saturated heterocycles. The summed E-state index contributed by atoms with van der Waals surface area (Å²) in [5, 5.41) is 8.97. The van der Waals surface area contributed by atoms with Crippen molar-refractivity contribution in [3.8, 4) is 0 Å². The summed E-state index contributed by atoms with van der Waals surface area (Å²) >= 11 is 0. The van der Waals surface area contributed by atoms with Crippen LogP contribution in [-0.2, 0) is 0 Å². The number of carboxylic acid groups (broad SMARTS) is 1. The molecule has 0 amide bonds. The summed E-state index contributed by atoms with van der Waals surface area (Å²) in [6, 6.07) is 4.86. The molecule has 4 heteroatoms. The Morgan fingerprint density at radius 2 is 1.95 bits per heavy atom. The number of aromatic carboxylic acids is 1. The molecule has 19 heavy (non-hydrogen) atoms. The lowest BCUT2D eigenvalue weighted by Gasteiger charge is -2.07. The van der Waals surface area contributed by atoms with Crippen molar-refractivity contribution in [1.29, 1.82) is 0 Å². The van der Waals surface area contributed by atoms with Crippen LogP contribution in [-0.4, -0.2) is 16.1 Å². The lowest BCUT2D eigenvalue weighted by molar-refractivity contribution is 0.0697. The minimum atomic E-state index is -0.936. The zero-order valence-corrected chi connectivity index (χ0v) is 10.8. The summed E-state index contributed by atoms with van der Waals surface area (Å²) in [6.45, 7) is 0. The van der Waals surface area contributed by atoms with Gasteiger partial charge >= 0.3 is 5.97 Å². The molecular formula is C15H17NO3. The monoisotopic (exact) mass is 259 g/mol. The Morgan fingerprint density at radius 3 is 2.63 bits per heavy atom. The molecule has 100 valence electrons. The molecule has 1 heterocycles. The van der Waals surface area contributed by atoms with Gasteiger partial charge < -0.3 is 9.52 Å². The molecular weight excluding hydrogens is 242 g/mol. The highest BCUT2D eigenvalue weighted by molar-refractivity contribution is 5.91. The first kappa shape index (κ1) is 12.2. The molecule has 2 aromatic rings. The number of hydrogen-bond acceptors (Lipinski definition) is 3. The first-order valence-electron chi connectivity index (χ1n) is 6.88. The van der Waals surface area contributed by atoms with Crippen molar-refractivity contribution in [2.24, 2.45) is 0 Å². The Labute approximate surface area is 111 Å². The van der Waals surface area contributed by atoms with Crippen molar-refractivity contribution in [2.75, 3.05) is 0 Å². The summed E-state index contributed by atoms with van der Waals surface area (Å²) in [7, 11) is 0. The lowest BCUT2D eigenvalue weighted by atomic mass is 10.0. The zero-order chi connectivity index (χ0) is 13.2. The van der Waals surface area contributed by atoms with E-state index < -0.39 is 5.97 Å². The zero-order valence-electron chi connectivity index (χ0n) is 10.8. The molecule has 0 unspecified atom stereocenters. The first-order chi connectivity index (χ1) is 9.24. The van der Waals surface area contributed by atoms with E-state index in [1.807, 2.05) is 0 Å². The fourth-order valence-corrected chi connectivity index (χ4v) is 2.78. The summed E-state index contributed by atoms with van der Waals surface area (Å²) < 4.78 is 5.78. The quantitative estimate of drug-likeness (QED) is 0.829. The Bertz CT molecular complexity index is 594.